The Morgan fingerprint density at radius 3 is 1.35 bits per heavy atom. The Morgan fingerprint density at radius 2 is 1.18 bits per heavy atom. The van der Waals surface area contributed by atoms with Gasteiger partial charge in [0.15, 0.2) is 0 Å². The highest BCUT2D eigenvalue weighted by Crippen LogP contribution is 2.08. The standard InChI is InChI=1S/C8H16.C3H8.3C2H6/c1-4-6-8(3)7-5-2;1-3-2;3*1-2/h4,8H,1,5-7H2,2-3H3;3H2,1-2H3;3*1-2H3/t8-;;;;/m1..../s1. The van der Waals surface area contributed by atoms with Crippen LogP contribution in [-0.4, -0.2) is 0 Å². The Morgan fingerprint density at radius 1 is 0.882 bits per heavy atom. The molecule has 0 saturated carbocycles. The van der Waals surface area contributed by atoms with E-state index in [1.807, 2.05) is 47.6 Å². The zero-order valence-corrected chi connectivity index (χ0v) is 14.7. The second-order valence-electron chi connectivity index (χ2n) is 3.13. The summed E-state index contributed by atoms with van der Waals surface area (Å²) in [6, 6.07) is 0. The maximum Gasteiger partial charge on any atom is -0.0328 e. The van der Waals surface area contributed by atoms with Crippen LogP contribution in [0.5, 0.6) is 0 Å². The van der Waals surface area contributed by atoms with Crippen molar-refractivity contribution >= 4 is 0 Å². The van der Waals surface area contributed by atoms with Crippen molar-refractivity contribution in [3.63, 3.8) is 0 Å². The third-order valence-corrected chi connectivity index (χ3v) is 1.35. The second kappa shape index (κ2) is 57.1. The van der Waals surface area contributed by atoms with Gasteiger partial charge in [-0.15, -0.1) is 6.58 Å². The van der Waals surface area contributed by atoms with Crippen LogP contribution in [-0.2, 0) is 0 Å². The summed E-state index contributed by atoms with van der Waals surface area (Å²) in [6.45, 7) is 24.4. The Labute approximate surface area is 114 Å². The number of rotatable bonds is 4. The molecule has 0 heteroatoms. The van der Waals surface area contributed by atoms with Crippen molar-refractivity contribution in [2.24, 2.45) is 5.92 Å². The third kappa shape index (κ3) is 90.2. The van der Waals surface area contributed by atoms with Gasteiger partial charge in [-0.3, -0.25) is 0 Å². The molecule has 0 bridgehead atoms. The van der Waals surface area contributed by atoms with Crippen molar-refractivity contribution in [2.75, 3.05) is 0 Å². The van der Waals surface area contributed by atoms with Crippen molar-refractivity contribution in [3.05, 3.63) is 12.7 Å². The predicted molar refractivity (Wildman–Crippen MR) is 88.9 cm³/mol. The molecule has 0 radical (unpaired) electrons. The van der Waals surface area contributed by atoms with Gasteiger partial charge in [0, 0.05) is 0 Å². The minimum Gasteiger partial charge on any atom is -0.103 e. The first kappa shape index (κ1) is 30.1. The second-order valence-corrected chi connectivity index (χ2v) is 3.13. The van der Waals surface area contributed by atoms with Gasteiger partial charge in [0.05, 0.1) is 0 Å². The van der Waals surface area contributed by atoms with Crippen LogP contribution in [0.1, 0.15) is 94.9 Å². The zero-order valence-electron chi connectivity index (χ0n) is 14.7. The summed E-state index contributed by atoms with van der Waals surface area (Å²) in [5.41, 5.74) is 0. The van der Waals surface area contributed by atoms with Crippen molar-refractivity contribution in [1.29, 1.82) is 0 Å². The molecule has 1 atom stereocenters. The highest BCUT2D eigenvalue weighted by atomic mass is 14.0. The summed E-state index contributed by atoms with van der Waals surface area (Å²) in [7, 11) is 0. The summed E-state index contributed by atoms with van der Waals surface area (Å²) in [5, 5.41) is 0. The molecule has 0 amide bonds. The lowest BCUT2D eigenvalue weighted by Gasteiger charge is -2.03. The van der Waals surface area contributed by atoms with Gasteiger partial charge in [0.2, 0.25) is 0 Å². The van der Waals surface area contributed by atoms with E-state index >= 15 is 0 Å². The molecular weight excluding hydrogens is 204 g/mol. The molecule has 0 heterocycles. The molecule has 0 aliphatic rings. The molecule has 0 unspecified atom stereocenters. The Balaban J connectivity index is -0.0000000448. The first-order chi connectivity index (χ1) is 8.22. The van der Waals surface area contributed by atoms with E-state index in [9.17, 15) is 0 Å². The fourth-order valence-electron chi connectivity index (χ4n) is 0.895. The van der Waals surface area contributed by atoms with E-state index in [2.05, 4.69) is 34.3 Å². The van der Waals surface area contributed by atoms with Gasteiger partial charge in [-0.25, -0.2) is 0 Å². The summed E-state index contributed by atoms with van der Waals surface area (Å²) < 4.78 is 0. The molecule has 0 saturated heterocycles. The highest BCUT2D eigenvalue weighted by molar-refractivity contribution is 4.69. The lowest BCUT2D eigenvalue weighted by Crippen LogP contribution is -1.89. The van der Waals surface area contributed by atoms with Crippen LogP contribution in [0.4, 0.5) is 0 Å². The Bertz CT molecular complexity index is 64.4. The van der Waals surface area contributed by atoms with Gasteiger partial charge in [-0.05, 0) is 12.3 Å². The molecule has 0 N–H and O–H groups in total. The van der Waals surface area contributed by atoms with Crippen LogP contribution in [0.25, 0.3) is 0 Å². The van der Waals surface area contributed by atoms with Gasteiger partial charge in [-0.2, -0.15) is 0 Å². The van der Waals surface area contributed by atoms with Crippen LogP contribution in [0.3, 0.4) is 0 Å². The minimum absolute atomic E-state index is 0.845. The van der Waals surface area contributed by atoms with Crippen LogP contribution in [0.15, 0.2) is 12.7 Å². The third-order valence-electron chi connectivity index (χ3n) is 1.35. The van der Waals surface area contributed by atoms with E-state index in [0.717, 1.165) is 5.92 Å². The molecule has 0 nitrogen and oxygen atoms in total. The molecule has 0 aromatic carbocycles. The lowest BCUT2D eigenvalue weighted by molar-refractivity contribution is 0.532. The number of hydrogen-bond donors (Lipinski definition) is 0. The van der Waals surface area contributed by atoms with Crippen LogP contribution in [0.2, 0.25) is 0 Å². The first-order valence-electron chi connectivity index (χ1n) is 7.83. The Kier molecular flexibility index (Phi) is 101. The van der Waals surface area contributed by atoms with Gasteiger partial charge < -0.3 is 0 Å². The maximum absolute atomic E-state index is 3.68. The van der Waals surface area contributed by atoms with E-state index in [0.29, 0.717) is 0 Å². The molecular formula is C17H42. The summed E-state index contributed by atoms with van der Waals surface area (Å²) >= 11 is 0. The average Bonchev–Trinajstić information content (AvgIpc) is 2.38. The molecule has 0 rings (SSSR count). The monoisotopic (exact) mass is 246 g/mol. The molecule has 110 valence electrons. The first-order valence-corrected chi connectivity index (χ1v) is 7.83. The van der Waals surface area contributed by atoms with Crippen LogP contribution < -0.4 is 0 Å². The van der Waals surface area contributed by atoms with E-state index in [1.165, 1.54) is 25.7 Å². The maximum atomic E-state index is 3.68. The fourth-order valence-corrected chi connectivity index (χ4v) is 0.895. The molecule has 0 fully saturated rings. The normalized spacial score (nSPS) is 8.35. The number of hydrogen-bond acceptors (Lipinski definition) is 0. The highest BCUT2D eigenvalue weighted by Gasteiger charge is 1.94. The van der Waals surface area contributed by atoms with Crippen molar-refractivity contribution in [2.45, 2.75) is 94.9 Å². The average molecular weight is 247 g/mol. The number of allylic oxidation sites excluding steroid dienone is 1. The zero-order chi connectivity index (χ0) is 15.1. The lowest BCUT2D eigenvalue weighted by atomic mass is 10.0. The van der Waals surface area contributed by atoms with Gasteiger partial charge >= 0.3 is 0 Å². The van der Waals surface area contributed by atoms with Gasteiger partial charge in [0.1, 0.15) is 0 Å². The molecule has 0 aromatic heterocycles. The van der Waals surface area contributed by atoms with Gasteiger partial charge in [-0.1, -0.05) is 94.6 Å². The summed E-state index contributed by atoms with van der Waals surface area (Å²) in [5.74, 6) is 0.845. The van der Waals surface area contributed by atoms with Crippen LogP contribution in [0, 0.1) is 5.92 Å². The van der Waals surface area contributed by atoms with E-state index in [1.54, 1.807) is 0 Å². The molecule has 0 aliphatic carbocycles. The summed E-state index contributed by atoms with van der Waals surface area (Å²) in [6.07, 6.45) is 7.06. The predicted octanol–water partition coefficient (Wildman–Crippen LogP) is 7.49. The molecule has 17 heavy (non-hydrogen) atoms. The van der Waals surface area contributed by atoms with Gasteiger partial charge in [0.25, 0.3) is 0 Å². The van der Waals surface area contributed by atoms with E-state index in [-0.39, 0.29) is 0 Å². The molecule has 0 spiro atoms. The van der Waals surface area contributed by atoms with Crippen molar-refractivity contribution in [3.8, 4) is 0 Å². The molecule has 0 aromatic rings. The minimum atomic E-state index is 0.845. The largest absolute Gasteiger partial charge is 0.103 e. The van der Waals surface area contributed by atoms with E-state index < -0.39 is 0 Å². The molecule has 0 aliphatic heterocycles. The van der Waals surface area contributed by atoms with E-state index in [4.69, 9.17) is 0 Å². The van der Waals surface area contributed by atoms with Crippen molar-refractivity contribution in [1.82, 2.24) is 0 Å². The summed E-state index contributed by atoms with van der Waals surface area (Å²) in [4.78, 5) is 0. The van der Waals surface area contributed by atoms with Crippen molar-refractivity contribution < 1.29 is 0 Å². The quantitative estimate of drug-likeness (QED) is 0.451. The smallest absolute Gasteiger partial charge is 0.0328 e. The SMILES string of the molecule is C=CC[C@@H](C)CCC.CC.CC.CC.CCC. The Hall–Kier alpha value is -0.260. The topological polar surface area (TPSA) is 0 Å². The van der Waals surface area contributed by atoms with Crippen LogP contribution >= 0.6 is 0 Å². The fraction of sp³-hybridized carbons (Fsp3) is 0.882.